The number of nitrogens with zero attached hydrogens (tertiary/aromatic N) is 4. The molecule has 28 heavy (non-hydrogen) atoms. The fourth-order valence-corrected chi connectivity index (χ4v) is 3.35. The van der Waals surface area contributed by atoms with Crippen molar-refractivity contribution in [2.75, 3.05) is 0 Å². The standard InChI is InChI=1S/C19H14N4O5/c24-19-16-8-7-15(23(27)28)11-17(16)20-18-13(2-1-9-21(18)19)10-12-3-5-14(6-4-12)22(25)26/h3-8,10-11H,1-2,9H2/b13-10+. The number of non-ortho nitro benzene ring substituents is 2. The average Bonchev–Trinajstić information content (AvgIpc) is 2.69. The van der Waals surface area contributed by atoms with Crippen molar-refractivity contribution in [3.05, 3.63) is 84.4 Å². The third kappa shape index (κ3) is 3.02. The monoisotopic (exact) mass is 378 g/mol. The van der Waals surface area contributed by atoms with Gasteiger partial charge in [0.25, 0.3) is 16.9 Å². The maximum Gasteiger partial charge on any atom is 0.271 e. The quantitative estimate of drug-likeness (QED) is 0.507. The van der Waals surface area contributed by atoms with Crippen LogP contribution < -0.4 is 5.56 Å². The first-order chi connectivity index (χ1) is 13.4. The van der Waals surface area contributed by atoms with Gasteiger partial charge in [-0.2, -0.15) is 0 Å². The Morgan fingerprint density at radius 2 is 1.68 bits per heavy atom. The van der Waals surface area contributed by atoms with Crippen molar-refractivity contribution in [3.8, 4) is 0 Å². The summed E-state index contributed by atoms with van der Waals surface area (Å²) in [7, 11) is 0. The van der Waals surface area contributed by atoms with Crippen molar-refractivity contribution in [2.24, 2.45) is 0 Å². The maximum absolute atomic E-state index is 12.8. The van der Waals surface area contributed by atoms with Crippen LogP contribution in [-0.2, 0) is 6.54 Å². The smallest absolute Gasteiger partial charge is 0.271 e. The van der Waals surface area contributed by atoms with Gasteiger partial charge in [0, 0.05) is 30.8 Å². The highest BCUT2D eigenvalue weighted by Crippen LogP contribution is 2.28. The molecule has 0 saturated carbocycles. The first-order valence-electron chi connectivity index (χ1n) is 8.58. The molecule has 1 aliphatic rings. The molecule has 140 valence electrons. The Kier molecular flexibility index (Phi) is 4.19. The topological polar surface area (TPSA) is 121 Å². The molecule has 0 amide bonds. The number of nitro groups is 2. The molecule has 4 rings (SSSR count). The third-order valence-electron chi connectivity index (χ3n) is 4.71. The van der Waals surface area contributed by atoms with Crippen molar-refractivity contribution in [1.29, 1.82) is 0 Å². The van der Waals surface area contributed by atoms with Crippen LogP contribution in [0.1, 0.15) is 24.2 Å². The lowest BCUT2D eigenvalue weighted by molar-refractivity contribution is -0.385. The molecule has 0 aliphatic carbocycles. The second-order valence-electron chi connectivity index (χ2n) is 6.47. The van der Waals surface area contributed by atoms with Crippen LogP contribution in [-0.4, -0.2) is 19.4 Å². The molecular formula is C19H14N4O5. The van der Waals surface area contributed by atoms with Crippen molar-refractivity contribution in [1.82, 2.24) is 9.55 Å². The van der Waals surface area contributed by atoms with E-state index in [9.17, 15) is 25.0 Å². The van der Waals surface area contributed by atoms with Crippen LogP contribution in [0, 0.1) is 20.2 Å². The van der Waals surface area contributed by atoms with Crippen LogP contribution >= 0.6 is 0 Å². The van der Waals surface area contributed by atoms with Crippen LogP contribution in [0.5, 0.6) is 0 Å². The summed E-state index contributed by atoms with van der Waals surface area (Å²) < 4.78 is 1.58. The van der Waals surface area contributed by atoms with E-state index in [4.69, 9.17) is 0 Å². The van der Waals surface area contributed by atoms with Crippen LogP contribution in [0.3, 0.4) is 0 Å². The summed E-state index contributed by atoms with van der Waals surface area (Å²) in [6.07, 6.45) is 3.28. The summed E-state index contributed by atoms with van der Waals surface area (Å²) in [5, 5.41) is 22.2. The van der Waals surface area contributed by atoms with E-state index in [0.29, 0.717) is 24.2 Å². The highest BCUT2D eigenvalue weighted by Gasteiger charge is 2.20. The summed E-state index contributed by atoms with van der Waals surface area (Å²) in [5.74, 6) is 0.475. The molecule has 0 saturated heterocycles. The number of allylic oxidation sites excluding steroid dienone is 1. The van der Waals surface area contributed by atoms with E-state index in [0.717, 1.165) is 17.6 Å². The second kappa shape index (κ2) is 6.69. The lowest BCUT2D eigenvalue weighted by atomic mass is 10.0. The molecule has 3 aromatic rings. The molecule has 0 atom stereocenters. The van der Waals surface area contributed by atoms with Crippen LogP contribution in [0.25, 0.3) is 22.6 Å². The van der Waals surface area contributed by atoms with Gasteiger partial charge in [-0.3, -0.25) is 29.6 Å². The summed E-state index contributed by atoms with van der Waals surface area (Å²) in [6, 6.07) is 10.1. The minimum Gasteiger partial charge on any atom is -0.292 e. The Bertz CT molecular complexity index is 1210. The zero-order valence-corrected chi connectivity index (χ0v) is 14.6. The second-order valence-corrected chi connectivity index (χ2v) is 6.47. The van der Waals surface area contributed by atoms with Crippen molar-refractivity contribution in [2.45, 2.75) is 19.4 Å². The molecule has 1 aliphatic heterocycles. The number of nitro benzene ring substituents is 2. The van der Waals surface area contributed by atoms with E-state index < -0.39 is 9.85 Å². The van der Waals surface area contributed by atoms with Gasteiger partial charge >= 0.3 is 0 Å². The normalized spacial score (nSPS) is 14.8. The predicted molar refractivity (Wildman–Crippen MR) is 103 cm³/mol. The highest BCUT2D eigenvalue weighted by atomic mass is 16.6. The van der Waals surface area contributed by atoms with Crippen LogP contribution in [0.4, 0.5) is 11.4 Å². The molecule has 0 fully saturated rings. The Hall–Kier alpha value is -3.88. The Morgan fingerprint density at radius 3 is 2.36 bits per heavy atom. The SMILES string of the molecule is O=c1c2ccc([N+](=O)[O-])cc2nc2n1CCC/C2=C\c1ccc([N+](=O)[O-])cc1. The molecule has 0 spiro atoms. The van der Waals surface area contributed by atoms with Crippen LogP contribution in [0.15, 0.2) is 47.3 Å². The number of aromatic nitrogens is 2. The minimum atomic E-state index is -0.522. The zero-order chi connectivity index (χ0) is 19.8. The molecule has 0 unspecified atom stereocenters. The molecule has 0 N–H and O–H groups in total. The van der Waals surface area contributed by atoms with Gasteiger partial charge in [0.05, 0.1) is 20.7 Å². The number of hydrogen-bond acceptors (Lipinski definition) is 6. The van der Waals surface area contributed by atoms with Gasteiger partial charge in [-0.25, -0.2) is 4.98 Å². The molecule has 9 heteroatoms. The number of benzene rings is 2. The van der Waals surface area contributed by atoms with Gasteiger partial charge < -0.3 is 0 Å². The lowest BCUT2D eigenvalue weighted by Crippen LogP contribution is -2.27. The fourth-order valence-electron chi connectivity index (χ4n) is 3.35. The van der Waals surface area contributed by atoms with Gasteiger partial charge in [-0.05, 0) is 48.3 Å². The van der Waals surface area contributed by atoms with Gasteiger partial charge in [-0.1, -0.05) is 0 Å². The molecule has 2 aromatic carbocycles. The predicted octanol–water partition coefficient (Wildman–Crippen LogP) is 3.55. The molecule has 2 heterocycles. The van der Waals surface area contributed by atoms with E-state index in [2.05, 4.69) is 4.98 Å². The van der Waals surface area contributed by atoms with Crippen molar-refractivity contribution < 1.29 is 9.85 Å². The molecule has 9 nitrogen and oxygen atoms in total. The number of rotatable bonds is 3. The Balaban J connectivity index is 1.85. The maximum atomic E-state index is 12.8. The fraction of sp³-hybridized carbons (Fsp3) is 0.158. The Morgan fingerprint density at radius 1 is 1.00 bits per heavy atom. The lowest BCUT2D eigenvalue weighted by Gasteiger charge is -2.20. The first kappa shape index (κ1) is 17.5. The van der Waals surface area contributed by atoms with E-state index >= 15 is 0 Å². The Labute approximate surface area is 157 Å². The van der Waals surface area contributed by atoms with Crippen molar-refractivity contribution in [3.63, 3.8) is 0 Å². The van der Waals surface area contributed by atoms with Gasteiger partial charge in [-0.15, -0.1) is 0 Å². The van der Waals surface area contributed by atoms with Gasteiger partial charge in [0.1, 0.15) is 5.82 Å². The van der Waals surface area contributed by atoms with E-state index in [1.807, 2.05) is 6.08 Å². The first-order valence-corrected chi connectivity index (χ1v) is 8.58. The van der Waals surface area contributed by atoms with E-state index in [1.54, 1.807) is 16.7 Å². The summed E-state index contributed by atoms with van der Waals surface area (Å²) >= 11 is 0. The molecular weight excluding hydrogens is 364 g/mol. The van der Waals surface area contributed by atoms with Crippen LogP contribution in [0.2, 0.25) is 0 Å². The van der Waals surface area contributed by atoms with Crippen molar-refractivity contribution >= 4 is 33.9 Å². The minimum absolute atomic E-state index is 0.00107. The summed E-state index contributed by atoms with van der Waals surface area (Å²) in [4.78, 5) is 38.2. The summed E-state index contributed by atoms with van der Waals surface area (Å²) in [5.41, 5.74) is 1.49. The molecule has 0 radical (unpaired) electrons. The zero-order valence-electron chi connectivity index (χ0n) is 14.6. The molecule has 0 bridgehead atoms. The van der Waals surface area contributed by atoms with Gasteiger partial charge in [0.2, 0.25) is 0 Å². The molecule has 1 aromatic heterocycles. The summed E-state index contributed by atoms with van der Waals surface area (Å²) in [6.45, 7) is 0.520. The number of hydrogen-bond donors (Lipinski definition) is 0. The average molecular weight is 378 g/mol. The third-order valence-corrected chi connectivity index (χ3v) is 4.71. The van der Waals surface area contributed by atoms with E-state index in [1.165, 1.54) is 30.3 Å². The van der Waals surface area contributed by atoms with E-state index in [-0.39, 0.29) is 22.5 Å². The van der Waals surface area contributed by atoms with Gasteiger partial charge in [0.15, 0.2) is 0 Å². The number of fused-ring (bicyclic) bond motifs is 2. The largest absolute Gasteiger partial charge is 0.292 e. The highest BCUT2D eigenvalue weighted by molar-refractivity contribution is 5.85.